The molecule has 23 heavy (non-hydrogen) atoms. The van der Waals surface area contributed by atoms with Gasteiger partial charge in [0.25, 0.3) is 5.91 Å². The Balaban J connectivity index is 2.01. The van der Waals surface area contributed by atoms with Crippen LogP contribution < -0.4 is 10.9 Å². The number of nitrogens with one attached hydrogen (secondary N) is 2. The van der Waals surface area contributed by atoms with Crippen molar-refractivity contribution in [3.63, 3.8) is 0 Å². The third kappa shape index (κ3) is 4.29. The SMILES string of the molecule is CCCC(=O)NNC(=O)c1ccc(S(=O)(=O)N2CCCC2)cc1. The molecule has 1 aromatic rings. The van der Waals surface area contributed by atoms with Gasteiger partial charge in [-0.1, -0.05) is 6.92 Å². The van der Waals surface area contributed by atoms with Gasteiger partial charge in [0.05, 0.1) is 4.90 Å². The molecule has 126 valence electrons. The number of hydrogen-bond acceptors (Lipinski definition) is 4. The molecule has 0 unspecified atom stereocenters. The van der Waals surface area contributed by atoms with Gasteiger partial charge in [0.2, 0.25) is 15.9 Å². The van der Waals surface area contributed by atoms with Crippen LogP contribution in [-0.2, 0) is 14.8 Å². The molecule has 0 saturated carbocycles. The summed E-state index contributed by atoms with van der Waals surface area (Å²) in [4.78, 5) is 23.4. The van der Waals surface area contributed by atoms with Crippen LogP contribution in [0, 0.1) is 0 Å². The quantitative estimate of drug-likeness (QED) is 0.783. The van der Waals surface area contributed by atoms with Gasteiger partial charge < -0.3 is 0 Å². The number of hydrazine groups is 1. The van der Waals surface area contributed by atoms with E-state index < -0.39 is 15.9 Å². The number of benzene rings is 1. The molecule has 8 heteroatoms. The Hall–Kier alpha value is -1.93. The molecule has 1 saturated heterocycles. The van der Waals surface area contributed by atoms with Crippen molar-refractivity contribution in [2.75, 3.05) is 13.1 Å². The predicted molar refractivity (Wildman–Crippen MR) is 85.0 cm³/mol. The molecule has 1 aliphatic heterocycles. The minimum atomic E-state index is -3.48. The highest BCUT2D eigenvalue weighted by Gasteiger charge is 2.27. The second-order valence-electron chi connectivity index (χ2n) is 5.39. The number of sulfonamides is 1. The Morgan fingerprint density at radius 3 is 2.26 bits per heavy atom. The summed E-state index contributed by atoms with van der Waals surface area (Å²) in [6.45, 7) is 2.93. The average molecular weight is 339 g/mol. The Kier molecular flexibility index (Phi) is 5.73. The second-order valence-corrected chi connectivity index (χ2v) is 7.33. The molecule has 2 amide bonds. The lowest BCUT2D eigenvalue weighted by Gasteiger charge is -2.15. The van der Waals surface area contributed by atoms with E-state index in [0.717, 1.165) is 12.8 Å². The summed E-state index contributed by atoms with van der Waals surface area (Å²) in [5, 5.41) is 0. The molecule has 0 bridgehead atoms. The summed E-state index contributed by atoms with van der Waals surface area (Å²) in [6.07, 6.45) is 2.76. The van der Waals surface area contributed by atoms with Gasteiger partial charge in [-0.3, -0.25) is 20.4 Å². The van der Waals surface area contributed by atoms with Crippen molar-refractivity contribution in [1.29, 1.82) is 0 Å². The first-order chi connectivity index (χ1) is 10.9. The molecule has 2 rings (SSSR count). The number of nitrogens with zero attached hydrogens (tertiary/aromatic N) is 1. The largest absolute Gasteiger partial charge is 0.273 e. The monoisotopic (exact) mass is 339 g/mol. The normalized spacial score (nSPS) is 15.3. The predicted octanol–water partition coefficient (Wildman–Crippen LogP) is 1.03. The van der Waals surface area contributed by atoms with E-state index in [9.17, 15) is 18.0 Å². The lowest BCUT2D eigenvalue weighted by molar-refractivity contribution is -0.121. The van der Waals surface area contributed by atoms with Crippen molar-refractivity contribution >= 4 is 21.8 Å². The van der Waals surface area contributed by atoms with E-state index in [4.69, 9.17) is 0 Å². The first kappa shape index (κ1) is 17.4. The van der Waals surface area contributed by atoms with Crippen molar-refractivity contribution < 1.29 is 18.0 Å². The number of carbonyl (C=O) groups is 2. The van der Waals surface area contributed by atoms with Crippen LogP contribution in [0.15, 0.2) is 29.2 Å². The van der Waals surface area contributed by atoms with Crippen molar-refractivity contribution in [1.82, 2.24) is 15.2 Å². The minimum Gasteiger partial charge on any atom is -0.273 e. The standard InChI is InChI=1S/C15H21N3O4S/c1-2-5-14(19)16-17-15(20)12-6-8-13(9-7-12)23(21,22)18-10-3-4-11-18/h6-9H,2-5,10-11H2,1H3,(H,16,19)(H,17,20). The van der Waals surface area contributed by atoms with Crippen LogP contribution >= 0.6 is 0 Å². The minimum absolute atomic E-state index is 0.172. The van der Waals surface area contributed by atoms with Gasteiger partial charge in [-0.05, 0) is 43.5 Å². The fraction of sp³-hybridized carbons (Fsp3) is 0.467. The van der Waals surface area contributed by atoms with Gasteiger partial charge in [-0.2, -0.15) is 4.31 Å². The molecular weight excluding hydrogens is 318 g/mol. The van der Waals surface area contributed by atoms with E-state index >= 15 is 0 Å². The van der Waals surface area contributed by atoms with E-state index in [-0.39, 0.29) is 16.4 Å². The van der Waals surface area contributed by atoms with E-state index in [0.29, 0.717) is 25.9 Å². The summed E-state index contributed by atoms with van der Waals surface area (Å²) in [6, 6.07) is 5.70. The molecular formula is C15H21N3O4S. The van der Waals surface area contributed by atoms with Gasteiger partial charge in [-0.25, -0.2) is 8.42 Å². The molecule has 2 N–H and O–H groups in total. The maximum absolute atomic E-state index is 12.4. The Bertz CT molecular complexity index is 664. The number of carbonyl (C=O) groups excluding carboxylic acids is 2. The summed E-state index contributed by atoms with van der Waals surface area (Å²) < 4.78 is 26.2. The van der Waals surface area contributed by atoms with Crippen LogP contribution in [0.2, 0.25) is 0 Å². The van der Waals surface area contributed by atoms with E-state index in [1.807, 2.05) is 6.92 Å². The third-order valence-electron chi connectivity index (χ3n) is 3.61. The zero-order valence-electron chi connectivity index (χ0n) is 13.0. The van der Waals surface area contributed by atoms with Crippen LogP contribution in [0.1, 0.15) is 43.0 Å². The van der Waals surface area contributed by atoms with E-state index in [1.54, 1.807) is 0 Å². The molecule has 0 radical (unpaired) electrons. The van der Waals surface area contributed by atoms with Crippen LogP contribution in [-0.4, -0.2) is 37.6 Å². The molecule has 7 nitrogen and oxygen atoms in total. The first-order valence-corrected chi connectivity index (χ1v) is 9.08. The van der Waals surface area contributed by atoms with Crippen LogP contribution in [0.25, 0.3) is 0 Å². The third-order valence-corrected chi connectivity index (χ3v) is 5.52. The van der Waals surface area contributed by atoms with Gasteiger partial charge in [0.1, 0.15) is 0 Å². The maximum Gasteiger partial charge on any atom is 0.269 e. The zero-order valence-corrected chi connectivity index (χ0v) is 13.9. The molecule has 0 atom stereocenters. The van der Waals surface area contributed by atoms with Gasteiger partial charge in [0.15, 0.2) is 0 Å². The average Bonchev–Trinajstić information content (AvgIpc) is 3.08. The molecule has 0 spiro atoms. The number of amides is 2. The topological polar surface area (TPSA) is 95.6 Å². The fourth-order valence-electron chi connectivity index (χ4n) is 2.34. The van der Waals surface area contributed by atoms with E-state index in [1.165, 1.54) is 28.6 Å². The highest BCUT2D eigenvalue weighted by atomic mass is 32.2. The molecule has 1 fully saturated rings. The molecule has 0 aliphatic carbocycles. The molecule has 1 heterocycles. The van der Waals surface area contributed by atoms with Crippen LogP contribution in [0.4, 0.5) is 0 Å². The summed E-state index contributed by atoms with van der Waals surface area (Å²) in [7, 11) is -3.48. The summed E-state index contributed by atoms with van der Waals surface area (Å²) >= 11 is 0. The van der Waals surface area contributed by atoms with Crippen molar-refractivity contribution in [2.45, 2.75) is 37.5 Å². The number of rotatable bonds is 5. The highest BCUT2D eigenvalue weighted by molar-refractivity contribution is 7.89. The highest BCUT2D eigenvalue weighted by Crippen LogP contribution is 2.20. The maximum atomic E-state index is 12.4. The molecule has 1 aliphatic rings. The van der Waals surface area contributed by atoms with Crippen LogP contribution in [0.3, 0.4) is 0 Å². The van der Waals surface area contributed by atoms with Gasteiger partial charge >= 0.3 is 0 Å². The van der Waals surface area contributed by atoms with Crippen molar-refractivity contribution in [3.8, 4) is 0 Å². The van der Waals surface area contributed by atoms with Crippen LogP contribution in [0.5, 0.6) is 0 Å². The Labute approximate surface area is 136 Å². The van der Waals surface area contributed by atoms with Gasteiger partial charge in [-0.15, -0.1) is 0 Å². The number of hydrogen-bond donors (Lipinski definition) is 2. The molecule has 1 aromatic carbocycles. The van der Waals surface area contributed by atoms with Crippen molar-refractivity contribution in [2.24, 2.45) is 0 Å². The Morgan fingerprint density at radius 1 is 1.09 bits per heavy atom. The molecule has 0 aromatic heterocycles. The summed E-state index contributed by atoms with van der Waals surface area (Å²) in [5.74, 6) is -0.756. The Morgan fingerprint density at radius 2 is 1.70 bits per heavy atom. The fourth-order valence-corrected chi connectivity index (χ4v) is 3.86. The zero-order chi connectivity index (χ0) is 16.9. The van der Waals surface area contributed by atoms with Gasteiger partial charge in [0, 0.05) is 25.1 Å². The second kappa shape index (κ2) is 7.56. The van der Waals surface area contributed by atoms with Crippen molar-refractivity contribution in [3.05, 3.63) is 29.8 Å². The van der Waals surface area contributed by atoms with E-state index in [2.05, 4.69) is 10.9 Å². The summed E-state index contributed by atoms with van der Waals surface area (Å²) in [5.41, 5.74) is 4.88. The smallest absolute Gasteiger partial charge is 0.269 e. The lowest BCUT2D eigenvalue weighted by atomic mass is 10.2. The lowest BCUT2D eigenvalue weighted by Crippen LogP contribution is -2.41. The first-order valence-electron chi connectivity index (χ1n) is 7.64.